The van der Waals surface area contributed by atoms with Crippen LogP contribution in [-0.4, -0.2) is 17.4 Å². The average molecular weight is 353 g/mol. The van der Waals surface area contributed by atoms with Crippen molar-refractivity contribution in [3.8, 4) is 5.75 Å². The van der Waals surface area contributed by atoms with E-state index in [0.29, 0.717) is 17.6 Å². The van der Waals surface area contributed by atoms with Gasteiger partial charge in [-0.1, -0.05) is 18.6 Å². The highest BCUT2D eigenvalue weighted by molar-refractivity contribution is 5.76. The average Bonchev–Trinajstić information content (AvgIpc) is 2.94. The molecule has 5 heteroatoms. The molecule has 26 heavy (non-hydrogen) atoms. The summed E-state index contributed by atoms with van der Waals surface area (Å²) in [6, 6.07) is 5.32. The number of hydrazone groups is 1. The Kier molecular flexibility index (Phi) is 4.25. The van der Waals surface area contributed by atoms with Gasteiger partial charge in [-0.15, -0.1) is 0 Å². The number of benzene rings is 1. The van der Waals surface area contributed by atoms with Crippen LogP contribution in [0, 0.1) is 17.3 Å². The van der Waals surface area contributed by atoms with E-state index in [1.54, 1.807) is 6.21 Å². The third-order valence-corrected chi connectivity index (χ3v) is 7.08. The van der Waals surface area contributed by atoms with Crippen molar-refractivity contribution >= 4 is 12.2 Å². The number of nitrogens with one attached hydrogen (secondary N) is 1. The minimum absolute atomic E-state index is 0.230. The van der Waals surface area contributed by atoms with E-state index in [1.165, 1.54) is 42.4 Å². The third-order valence-electron chi connectivity index (χ3n) is 7.08. The predicted octanol–water partition coefficient (Wildman–Crippen LogP) is 3.83. The third kappa shape index (κ3) is 2.79. The molecule has 0 aliphatic heterocycles. The first-order chi connectivity index (χ1) is 12.5. The maximum Gasteiger partial charge on any atom is 0.332 e. The van der Waals surface area contributed by atoms with Crippen LogP contribution in [0.1, 0.15) is 56.1 Å². The molecule has 2 saturated carbocycles. The van der Waals surface area contributed by atoms with Crippen LogP contribution in [0.2, 0.25) is 0 Å². The van der Waals surface area contributed by atoms with E-state index >= 15 is 0 Å². The van der Waals surface area contributed by atoms with Crippen molar-refractivity contribution in [2.45, 2.75) is 51.4 Å². The monoisotopic (exact) mass is 353 g/mol. The Morgan fingerprint density at radius 2 is 2.19 bits per heavy atom. The minimum Gasteiger partial charge on any atom is -0.508 e. The molecule has 138 valence electrons. The lowest BCUT2D eigenvalue weighted by molar-refractivity contribution is 0.0815. The number of rotatable bonds is 2. The van der Waals surface area contributed by atoms with Gasteiger partial charge in [0.15, 0.2) is 0 Å². The van der Waals surface area contributed by atoms with Crippen LogP contribution < -0.4 is 11.2 Å². The van der Waals surface area contributed by atoms with Gasteiger partial charge >= 0.3 is 6.03 Å². The molecule has 3 aliphatic carbocycles. The molecule has 4 atom stereocenters. The second kappa shape index (κ2) is 6.45. The zero-order chi connectivity index (χ0) is 18.3. The lowest BCUT2D eigenvalue weighted by atomic mass is 9.55. The summed E-state index contributed by atoms with van der Waals surface area (Å²) >= 11 is 0. The Morgan fingerprint density at radius 3 is 3.00 bits per heavy atom. The van der Waals surface area contributed by atoms with Crippen LogP contribution in [-0.2, 0) is 6.42 Å². The van der Waals surface area contributed by atoms with Crippen molar-refractivity contribution in [3.63, 3.8) is 0 Å². The summed E-state index contributed by atoms with van der Waals surface area (Å²) in [5.74, 6) is 2.43. The van der Waals surface area contributed by atoms with Crippen molar-refractivity contribution < 1.29 is 9.90 Å². The molecule has 2 amide bonds. The molecular weight excluding hydrogens is 326 g/mol. The van der Waals surface area contributed by atoms with Crippen molar-refractivity contribution in [1.82, 2.24) is 5.43 Å². The van der Waals surface area contributed by atoms with E-state index in [1.807, 2.05) is 12.1 Å². The number of aryl methyl sites for hydroxylation is 1. The Morgan fingerprint density at radius 1 is 1.35 bits per heavy atom. The predicted molar refractivity (Wildman–Crippen MR) is 102 cm³/mol. The number of amides is 2. The number of primary amides is 1. The molecule has 4 unspecified atom stereocenters. The fourth-order valence-electron chi connectivity index (χ4n) is 5.92. The molecule has 4 rings (SSSR count). The normalized spacial score (nSPS) is 34.3. The van der Waals surface area contributed by atoms with Gasteiger partial charge in [0.2, 0.25) is 0 Å². The van der Waals surface area contributed by atoms with Crippen LogP contribution in [0.3, 0.4) is 0 Å². The molecular formula is C21H27N3O2. The number of phenolic OH excluding ortho intramolecular Hbond substituents is 1. The number of phenols is 1. The molecule has 5 nitrogen and oxygen atoms in total. The molecule has 1 aromatic rings. The van der Waals surface area contributed by atoms with Crippen molar-refractivity contribution in [2.75, 3.05) is 0 Å². The van der Waals surface area contributed by atoms with E-state index in [-0.39, 0.29) is 5.41 Å². The van der Waals surface area contributed by atoms with E-state index in [9.17, 15) is 9.90 Å². The largest absolute Gasteiger partial charge is 0.508 e. The Bertz CT molecular complexity index is 785. The molecule has 0 heterocycles. The van der Waals surface area contributed by atoms with E-state index in [0.717, 1.165) is 18.8 Å². The molecule has 0 radical (unpaired) electrons. The lowest BCUT2D eigenvalue weighted by Gasteiger charge is -2.49. The number of carbonyl (C=O) groups excluding carboxylic acids is 1. The van der Waals surface area contributed by atoms with Crippen LogP contribution in [0.4, 0.5) is 4.79 Å². The summed E-state index contributed by atoms with van der Waals surface area (Å²) in [5.41, 5.74) is 11.8. The highest BCUT2D eigenvalue weighted by atomic mass is 16.3. The topological polar surface area (TPSA) is 87.7 Å². The maximum atomic E-state index is 10.7. The lowest BCUT2D eigenvalue weighted by Crippen LogP contribution is -2.40. The summed E-state index contributed by atoms with van der Waals surface area (Å²) in [6.45, 7) is 2.41. The van der Waals surface area contributed by atoms with Crippen molar-refractivity contribution in [3.05, 3.63) is 41.0 Å². The SMILES string of the molecule is CC12CCC3c4ccc(O)cc4CCC3C1CC/C2=C\C=N\NC(N)=O. The minimum atomic E-state index is -0.637. The number of nitrogens with zero attached hydrogens (tertiary/aromatic N) is 1. The molecule has 3 aliphatic rings. The molecule has 0 bridgehead atoms. The first kappa shape index (κ1) is 17.1. The number of hydrogen-bond donors (Lipinski definition) is 3. The van der Waals surface area contributed by atoms with Gasteiger partial charge in [-0.25, -0.2) is 10.2 Å². The number of hydrogen-bond acceptors (Lipinski definition) is 3. The van der Waals surface area contributed by atoms with Gasteiger partial charge in [-0.2, -0.15) is 5.10 Å². The molecule has 0 saturated heterocycles. The fourth-order valence-corrected chi connectivity index (χ4v) is 5.92. The van der Waals surface area contributed by atoms with Gasteiger partial charge in [0.1, 0.15) is 5.75 Å². The van der Waals surface area contributed by atoms with Gasteiger partial charge < -0.3 is 10.8 Å². The smallest absolute Gasteiger partial charge is 0.332 e. The zero-order valence-corrected chi connectivity index (χ0v) is 15.2. The van der Waals surface area contributed by atoms with Crippen LogP contribution in [0.25, 0.3) is 0 Å². The van der Waals surface area contributed by atoms with Crippen molar-refractivity contribution in [1.29, 1.82) is 0 Å². The highest BCUT2D eigenvalue weighted by Gasteiger charge is 2.52. The molecule has 4 N–H and O–H groups in total. The number of fused-ring (bicyclic) bond motifs is 5. The summed E-state index contributed by atoms with van der Waals surface area (Å²) in [7, 11) is 0. The first-order valence-electron chi connectivity index (χ1n) is 9.59. The summed E-state index contributed by atoms with van der Waals surface area (Å²) in [6.07, 6.45) is 10.7. The van der Waals surface area contributed by atoms with E-state index < -0.39 is 6.03 Å². The van der Waals surface area contributed by atoms with E-state index in [2.05, 4.69) is 29.6 Å². The first-order valence-corrected chi connectivity index (χ1v) is 9.59. The number of carbonyl (C=O) groups is 1. The van der Waals surface area contributed by atoms with Crippen LogP contribution in [0.15, 0.2) is 34.9 Å². The van der Waals surface area contributed by atoms with Gasteiger partial charge in [-0.05, 0) is 91.0 Å². The Balaban J connectivity index is 1.57. The second-order valence-corrected chi connectivity index (χ2v) is 8.24. The fraction of sp³-hybridized carbons (Fsp3) is 0.524. The number of urea groups is 1. The Hall–Kier alpha value is -2.30. The maximum absolute atomic E-state index is 10.7. The Labute approximate surface area is 154 Å². The molecule has 1 aromatic carbocycles. The number of nitrogens with two attached hydrogens (primary N) is 1. The van der Waals surface area contributed by atoms with Crippen molar-refractivity contribution in [2.24, 2.45) is 28.1 Å². The van der Waals surface area contributed by atoms with Crippen LogP contribution in [0.5, 0.6) is 5.75 Å². The summed E-state index contributed by atoms with van der Waals surface area (Å²) < 4.78 is 0. The van der Waals surface area contributed by atoms with Gasteiger partial charge in [0.05, 0.1) is 0 Å². The zero-order valence-electron chi connectivity index (χ0n) is 15.2. The molecule has 2 fully saturated rings. The quantitative estimate of drug-likeness (QED) is 0.557. The van der Waals surface area contributed by atoms with Crippen LogP contribution >= 0.6 is 0 Å². The summed E-state index contributed by atoms with van der Waals surface area (Å²) in [5, 5.41) is 13.7. The molecule has 0 aromatic heterocycles. The highest BCUT2D eigenvalue weighted by Crippen LogP contribution is 2.62. The van der Waals surface area contributed by atoms with Gasteiger partial charge in [0.25, 0.3) is 0 Å². The standard InChI is InChI=1S/C21H27N3O2/c1-21-10-8-17-16-6-4-15(25)12-13(16)2-5-18(17)19(21)7-3-14(21)9-11-23-24-20(22)26/h4,6,9,11-12,17-19,25H,2-3,5,7-8,10H2,1H3,(H3,22,24,26)/b14-9+,23-11+. The van der Waals surface area contributed by atoms with Gasteiger partial charge in [-0.3, -0.25) is 0 Å². The second-order valence-electron chi connectivity index (χ2n) is 8.24. The summed E-state index contributed by atoms with van der Waals surface area (Å²) in [4.78, 5) is 10.7. The van der Waals surface area contributed by atoms with E-state index in [4.69, 9.17) is 5.73 Å². The number of aromatic hydroxyl groups is 1. The number of allylic oxidation sites excluding steroid dienone is 2. The molecule has 0 spiro atoms. The van der Waals surface area contributed by atoms with Gasteiger partial charge in [0, 0.05) is 6.21 Å².